The number of nitrogens with two attached hydrogens (primary N) is 1. The molecule has 0 amide bonds. The van der Waals surface area contributed by atoms with Crippen molar-refractivity contribution < 1.29 is 4.42 Å². The van der Waals surface area contributed by atoms with Gasteiger partial charge in [0.25, 0.3) is 0 Å². The Balaban J connectivity index is 3.04. The zero-order valence-electron chi connectivity index (χ0n) is 5.95. The Morgan fingerprint density at radius 1 is 1.73 bits per heavy atom. The maximum atomic E-state index is 8.55. The van der Waals surface area contributed by atoms with E-state index >= 15 is 0 Å². The standard InChI is InChI=1S/C8H8N2O/c1-2-8(10)7-5-11-4-6(7)3-9/h2,4-5,8H,1,10H2. The molecule has 1 rings (SSSR count). The summed E-state index contributed by atoms with van der Waals surface area (Å²) in [4.78, 5) is 0. The fourth-order valence-corrected chi connectivity index (χ4v) is 0.783. The summed E-state index contributed by atoms with van der Waals surface area (Å²) >= 11 is 0. The van der Waals surface area contributed by atoms with E-state index in [9.17, 15) is 0 Å². The van der Waals surface area contributed by atoms with Crippen LogP contribution in [0.15, 0.2) is 29.6 Å². The normalized spacial score (nSPS) is 12.0. The average molecular weight is 148 g/mol. The third kappa shape index (κ3) is 1.31. The first-order valence-corrected chi connectivity index (χ1v) is 3.14. The first-order chi connectivity index (χ1) is 5.29. The van der Waals surface area contributed by atoms with E-state index in [1.165, 1.54) is 12.5 Å². The highest BCUT2D eigenvalue weighted by molar-refractivity contribution is 5.36. The molecule has 0 fully saturated rings. The summed E-state index contributed by atoms with van der Waals surface area (Å²) in [5.74, 6) is 0. The molecule has 0 saturated heterocycles. The highest BCUT2D eigenvalue weighted by atomic mass is 16.3. The van der Waals surface area contributed by atoms with Crippen molar-refractivity contribution in [2.24, 2.45) is 5.73 Å². The summed E-state index contributed by atoms with van der Waals surface area (Å²) in [6.07, 6.45) is 4.40. The Bertz CT molecular complexity index is 295. The van der Waals surface area contributed by atoms with Crippen molar-refractivity contribution in [1.29, 1.82) is 5.26 Å². The molecule has 0 aliphatic heterocycles. The zero-order valence-corrected chi connectivity index (χ0v) is 5.95. The van der Waals surface area contributed by atoms with Gasteiger partial charge in [0, 0.05) is 5.56 Å². The summed E-state index contributed by atoms with van der Waals surface area (Å²) in [5.41, 5.74) is 6.74. The van der Waals surface area contributed by atoms with Crippen LogP contribution in [0.3, 0.4) is 0 Å². The summed E-state index contributed by atoms with van der Waals surface area (Å²) in [6, 6.07) is 1.65. The van der Waals surface area contributed by atoms with E-state index in [2.05, 4.69) is 6.58 Å². The van der Waals surface area contributed by atoms with E-state index < -0.39 is 0 Å². The van der Waals surface area contributed by atoms with Crippen molar-refractivity contribution in [3.63, 3.8) is 0 Å². The Morgan fingerprint density at radius 2 is 2.45 bits per heavy atom. The number of furan rings is 1. The van der Waals surface area contributed by atoms with Crippen molar-refractivity contribution in [2.45, 2.75) is 6.04 Å². The van der Waals surface area contributed by atoms with Crippen LogP contribution in [0.1, 0.15) is 17.2 Å². The predicted molar refractivity (Wildman–Crippen MR) is 40.5 cm³/mol. The summed E-state index contributed by atoms with van der Waals surface area (Å²) < 4.78 is 4.81. The lowest BCUT2D eigenvalue weighted by Crippen LogP contribution is -2.06. The molecule has 1 atom stereocenters. The SMILES string of the molecule is C=CC(N)c1cocc1C#N. The smallest absolute Gasteiger partial charge is 0.108 e. The van der Waals surface area contributed by atoms with Crippen molar-refractivity contribution in [3.8, 4) is 6.07 Å². The molecule has 1 aromatic rings. The third-order valence-electron chi connectivity index (χ3n) is 1.43. The monoisotopic (exact) mass is 148 g/mol. The molecule has 1 heterocycles. The lowest BCUT2D eigenvalue weighted by Gasteiger charge is -2.00. The molecule has 1 aromatic heterocycles. The summed E-state index contributed by atoms with van der Waals surface area (Å²) in [7, 11) is 0. The lowest BCUT2D eigenvalue weighted by atomic mass is 10.1. The number of nitrogens with zero attached hydrogens (tertiary/aromatic N) is 1. The quantitative estimate of drug-likeness (QED) is 0.643. The second kappa shape index (κ2) is 3.04. The van der Waals surface area contributed by atoms with Gasteiger partial charge < -0.3 is 10.2 Å². The van der Waals surface area contributed by atoms with Crippen LogP contribution in [-0.2, 0) is 0 Å². The first-order valence-electron chi connectivity index (χ1n) is 3.14. The van der Waals surface area contributed by atoms with Crippen molar-refractivity contribution in [3.05, 3.63) is 36.3 Å². The molecular formula is C8H8N2O. The van der Waals surface area contributed by atoms with Crippen LogP contribution in [-0.4, -0.2) is 0 Å². The molecule has 1 unspecified atom stereocenters. The molecule has 0 aliphatic rings. The maximum absolute atomic E-state index is 8.55. The molecule has 0 aliphatic carbocycles. The van der Waals surface area contributed by atoms with Gasteiger partial charge in [-0.05, 0) is 0 Å². The molecule has 3 heteroatoms. The molecule has 0 spiro atoms. The Morgan fingerprint density at radius 3 is 3.00 bits per heavy atom. The highest BCUT2D eigenvalue weighted by Gasteiger charge is 2.09. The van der Waals surface area contributed by atoms with Crippen LogP contribution in [0.5, 0.6) is 0 Å². The predicted octanol–water partition coefficient (Wildman–Crippen LogP) is 1.34. The van der Waals surface area contributed by atoms with E-state index in [4.69, 9.17) is 15.4 Å². The minimum atomic E-state index is -0.316. The topological polar surface area (TPSA) is 62.9 Å². The fourth-order valence-electron chi connectivity index (χ4n) is 0.783. The van der Waals surface area contributed by atoms with Gasteiger partial charge in [-0.2, -0.15) is 5.26 Å². The van der Waals surface area contributed by atoms with E-state index in [0.29, 0.717) is 11.1 Å². The van der Waals surface area contributed by atoms with Crippen molar-refractivity contribution >= 4 is 0 Å². The Kier molecular flexibility index (Phi) is 2.09. The van der Waals surface area contributed by atoms with Crippen molar-refractivity contribution in [2.75, 3.05) is 0 Å². The van der Waals surface area contributed by atoms with Gasteiger partial charge in [-0.15, -0.1) is 6.58 Å². The largest absolute Gasteiger partial charge is 0.471 e. The molecule has 0 aromatic carbocycles. The van der Waals surface area contributed by atoms with Gasteiger partial charge in [-0.25, -0.2) is 0 Å². The van der Waals surface area contributed by atoms with Gasteiger partial charge in [0.1, 0.15) is 12.3 Å². The molecule has 3 nitrogen and oxygen atoms in total. The maximum Gasteiger partial charge on any atom is 0.108 e. The van der Waals surface area contributed by atoms with Crippen LogP contribution in [0.2, 0.25) is 0 Å². The highest BCUT2D eigenvalue weighted by Crippen LogP contribution is 2.16. The third-order valence-corrected chi connectivity index (χ3v) is 1.43. The molecule has 0 radical (unpaired) electrons. The van der Waals surface area contributed by atoms with E-state index in [0.717, 1.165) is 0 Å². The van der Waals surface area contributed by atoms with Gasteiger partial charge in [-0.3, -0.25) is 0 Å². The second-order valence-electron chi connectivity index (χ2n) is 2.11. The lowest BCUT2D eigenvalue weighted by molar-refractivity contribution is 0.562. The average Bonchev–Trinajstić information content (AvgIpc) is 2.50. The van der Waals surface area contributed by atoms with Gasteiger partial charge >= 0.3 is 0 Å². The molecule has 56 valence electrons. The summed E-state index contributed by atoms with van der Waals surface area (Å²) in [5, 5.41) is 8.55. The Hall–Kier alpha value is -1.53. The molecule has 0 saturated carbocycles. The van der Waals surface area contributed by atoms with Gasteiger partial charge in [-0.1, -0.05) is 6.08 Å². The van der Waals surface area contributed by atoms with Crippen LogP contribution in [0.4, 0.5) is 0 Å². The molecule has 2 N–H and O–H groups in total. The minimum absolute atomic E-state index is 0.316. The van der Waals surface area contributed by atoms with Gasteiger partial charge in [0.15, 0.2) is 0 Å². The first kappa shape index (κ1) is 7.58. The van der Waals surface area contributed by atoms with Gasteiger partial charge in [0.05, 0.1) is 17.9 Å². The Labute approximate surface area is 64.7 Å². The van der Waals surface area contributed by atoms with Crippen LogP contribution in [0.25, 0.3) is 0 Å². The van der Waals surface area contributed by atoms with Crippen LogP contribution < -0.4 is 5.73 Å². The molecule has 11 heavy (non-hydrogen) atoms. The zero-order chi connectivity index (χ0) is 8.27. The van der Waals surface area contributed by atoms with E-state index in [-0.39, 0.29) is 6.04 Å². The van der Waals surface area contributed by atoms with Crippen molar-refractivity contribution in [1.82, 2.24) is 0 Å². The van der Waals surface area contributed by atoms with Crippen LogP contribution in [0, 0.1) is 11.3 Å². The van der Waals surface area contributed by atoms with E-state index in [1.807, 2.05) is 6.07 Å². The number of hydrogen-bond donors (Lipinski definition) is 1. The van der Waals surface area contributed by atoms with Gasteiger partial charge in [0.2, 0.25) is 0 Å². The number of nitriles is 1. The van der Waals surface area contributed by atoms with E-state index in [1.54, 1.807) is 6.08 Å². The number of rotatable bonds is 2. The number of hydrogen-bond acceptors (Lipinski definition) is 3. The minimum Gasteiger partial charge on any atom is -0.471 e. The fraction of sp³-hybridized carbons (Fsp3) is 0.125. The molecule has 0 bridgehead atoms. The second-order valence-corrected chi connectivity index (χ2v) is 2.11. The summed E-state index contributed by atoms with van der Waals surface area (Å²) in [6.45, 7) is 3.52. The molecular weight excluding hydrogens is 140 g/mol. The van der Waals surface area contributed by atoms with Crippen LogP contribution >= 0.6 is 0 Å².